The molecule has 0 unspecified atom stereocenters. The Morgan fingerprint density at radius 2 is 1.06 bits per heavy atom. The predicted molar refractivity (Wildman–Crippen MR) is 208 cm³/mol. The summed E-state index contributed by atoms with van der Waals surface area (Å²) in [7, 11) is 3.81. The quantitative estimate of drug-likeness (QED) is 0.179. The van der Waals surface area contributed by atoms with Gasteiger partial charge in [-0.05, 0) is 69.0 Å². The lowest BCUT2D eigenvalue weighted by Gasteiger charge is -2.30. The highest BCUT2D eigenvalue weighted by Gasteiger charge is 2.47. The highest BCUT2D eigenvalue weighted by Crippen LogP contribution is 2.33. The summed E-state index contributed by atoms with van der Waals surface area (Å²) in [4.78, 5) is 63.3. The Kier molecular flexibility index (Phi) is 12.0. The fourth-order valence-electron chi connectivity index (χ4n) is 6.92. The lowest BCUT2D eigenvalue weighted by Crippen LogP contribution is -2.56. The number of aromatic nitrogens is 2. The van der Waals surface area contributed by atoms with Crippen LogP contribution in [0, 0.1) is 0 Å². The number of carboxylic acids is 1. The van der Waals surface area contributed by atoms with Crippen LogP contribution in [0.5, 0.6) is 0 Å². The molecule has 2 heterocycles. The number of rotatable bonds is 11. The smallest absolute Gasteiger partial charge is 0.332 e. The molecule has 12 nitrogen and oxygen atoms in total. The van der Waals surface area contributed by atoms with Gasteiger partial charge in [0.05, 0.1) is 41.5 Å². The number of esters is 1. The zero-order valence-electron chi connectivity index (χ0n) is 32.1. The number of fused-ring (bicyclic) bond motifs is 2. The first-order valence-electron chi connectivity index (χ1n) is 18.2. The number of carbonyl (C=O) groups excluding carboxylic acids is 3. The van der Waals surface area contributed by atoms with E-state index in [2.05, 4.69) is 20.6 Å². The lowest BCUT2D eigenvalue weighted by molar-refractivity contribution is -0.150. The molecule has 4 aromatic rings. The van der Waals surface area contributed by atoms with Crippen LogP contribution in [-0.4, -0.2) is 82.7 Å². The van der Waals surface area contributed by atoms with E-state index in [4.69, 9.17) is 4.74 Å². The number of hydrogen-bond donors (Lipinski definition) is 3. The van der Waals surface area contributed by atoms with Crippen molar-refractivity contribution >= 4 is 35.1 Å². The number of aliphatic carboxylic acids is 1. The molecule has 12 heteroatoms. The second-order valence-corrected chi connectivity index (χ2v) is 14.5. The van der Waals surface area contributed by atoms with Crippen LogP contribution < -0.4 is 20.4 Å². The van der Waals surface area contributed by atoms with Gasteiger partial charge in [0.25, 0.3) is 11.8 Å². The van der Waals surface area contributed by atoms with Crippen molar-refractivity contribution in [3.63, 3.8) is 0 Å². The maximum Gasteiger partial charge on any atom is 0.332 e. The minimum Gasteiger partial charge on any atom is -0.479 e. The first kappa shape index (κ1) is 39.4. The van der Waals surface area contributed by atoms with Crippen molar-refractivity contribution in [2.75, 3.05) is 30.5 Å². The highest BCUT2D eigenvalue weighted by atomic mass is 16.5. The minimum atomic E-state index is -1.32. The molecule has 6 rings (SSSR count). The van der Waals surface area contributed by atoms with Crippen LogP contribution in [0.4, 0.5) is 11.4 Å². The normalized spacial score (nSPS) is 14.6. The Labute approximate surface area is 317 Å². The van der Waals surface area contributed by atoms with E-state index in [1.54, 1.807) is 43.8 Å². The molecule has 2 aliphatic rings. The van der Waals surface area contributed by atoms with E-state index < -0.39 is 28.9 Å². The molecule has 0 atom stereocenters. The van der Waals surface area contributed by atoms with Crippen LogP contribution in [0.25, 0.3) is 0 Å². The molecule has 2 aromatic heterocycles. The number of nitrogens with zero attached hydrogens (tertiary/aromatic N) is 4. The van der Waals surface area contributed by atoms with Gasteiger partial charge in [-0.2, -0.15) is 0 Å². The molecule has 0 fully saturated rings. The molecule has 0 radical (unpaired) electrons. The summed E-state index contributed by atoms with van der Waals surface area (Å²) < 4.78 is 5.34. The van der Waals surface area contributed by atoms with Crippen LogP contribution in [0.3, 0.4) is 0 Å². The Morgan fingerprint density at radius 1 is 0.685 bits per heavy atom. The monoisotopic (exact) mass is 734 g/mol. The minimum absolute atomic E-state index is 0.176. The van der Waals surface area contributed by atoms with E-state index in [0.717, 1.165) is 27.9 Å². The van der Waals surface area contributed by atoms with Gasteiger partial charge in [0, 0.05) is 64.3 Å². The number of carboxylic acid groups (broad SMARTS) is 1. The molecule has 2 aliphatic carbocycles. The third-order valence-electron chi connectivity index (χ3n) is 10.4. The lowest BCUT2D eigenvalue weighted by atomic mass is 9.94. The number of amides is 2. The van der Waals surface area contributed by atoms with Gasteiger partial charge in [-0.1, -0.05) is 48.5 Å². The number of ether oxygens (including phenoxy) is 1. The number of anilines is 2. The SMILES string of the molecule is CC(C)N(C)c1cnccc1C(=O)NC1(C(=O)O)Cc2ccccc2C1.CCOC(=O)C1(NC(=O)c2ccncc2N(C)C(C)C)Cc2ccccc2C1. The van der Waals surface area contributed by atoms with Gasteiger partial charge < -0.3 is 30.3 Å². The second-order valence-electron chi connectivity index (χ2n) is 14.5. The topological polar surface area (TPSA) is 154 Å². The zero-order chi connectivity index (χ0) is 39.2. The van der Waals surface area contributed by atoms with Crippen molar-refractivity contribution in [3.8, 4) is 0 Å². The van der Waals surface area contributed by atoms with E-state index in [0.29, 0.717) is 29.7 Å². The number of benzene rings is 2. The van der Waals surface area contributed by atoms with Gasteiger partial charge in [0.1, 0.15) is 11.1 Å². The van der Waals surface area contributed by atoms with E-state index in [1.165, 1.54) is 0 Å². The third-order valence-corrected chi connectivity index (χ3v) is 10.4. The number of pyridine rings is 2. The molecule has 0 saturated carbocycles. The average molecular weight is 735 g/mol. The van der Waals surface area contributed by atoms with Crippen molar-refractivity contribution in [2.24, 2.45) is 0 Å². The van der Waals surface area contributed by atoms with Crippen LogP contribution in [-0.2, 0) is 40.0 Å². The van der Waals surface area contributed by atoms with Crippen molar-refractivity contribution in [1.82, 2.24) is 20.6 Å². The molecule has 0 spiro atoms. The summed E-state index contributed by atoms with van der Waals surface area (Å²) in [6.45, 7) is 10.2. The summed E-state index contributed by atoms with van der Waals surface area (Å²) in [5.74, 6) is -2.11. The Hall–Kier alpha value is -5.78. The summed E-state index contributed by atoms with van der Waals surface area (Å²) in [5, 5.41) is 15.7. The zero-order valence-corrected chi connectivity index (χ0v) is 32.1. The molecule has 2 amide bonds. The summed E-state index contributed by atoms with van der Waals surface area (Å²) in [6, 6.07) is 19.2. The summed E-state index contributed by atoms with van der Waals surface area (Å²) >= 11 is 0. The molecule has 0 bridgehead atoms. The fourth-order valence-corrected chi connectivity index (χ4v) is 6.92. The number of hydrogen-bond acceptors (Lipinski definition) is 9. The maximum absolute atomic E-state index is 13.2. The van der Waals surface area contributed by atoms with Gasteiger partial charge >= 0.3 is 11.9 Å². The Bertz CT molecular complexity index is 1960. The predicted octanol–water partition coefficient (Wildman–Crippen LogP) is 5.03. The van der Waals surface area contributed by atoms with Crippen molar-refractivity contribution in [1.29, 1.82) is 0 Å². The second kappa shape index (κ2) is 16.5. The van der Waals surface area contributed by atoms with Crippen LogP contribution >= 0.6 is 0 Å². The van der Waals surface area contributed by atoms with Crippen LogP contribution in [0.1, 0.15) is 77.6 Å². The number of carbonyl (C=O) groups is 4. The van der Waals surface area contributed by atoms with Crippen molar-refractivity contribution in [3.05, 3.63) is 119 Å². The molecule has 0 aliphatic heterocycles. The van der Waals surface area contributed by atoms with Crippen LogP contribution in [0.15, 0.2) is 85.5 Å². The number of nitrogens with one attached hydrogen (secondary N) is 2. The molecule has 3 N–H and O–H groups in total. The Morgan fingerprint density at radius 3 is 1.41 bits per heavy atom. The standard InChI is InChI=1S/C22H27N3O3.C20H23N3O3/c1-5-28-21(27)22(12-16-8-6-7-9-17(16)13-22)24-20(26)18-10-11-23-14-19(18)25(4)15(2)3;1-13(2)23(3)17-12-21-9-8-16(17)18(24)22-20(19(25)26)10-14-6-4-5-7-15(14)11-20/h6-11,14-15H,5,12-13H2,1-4H3,(H,24,26);4-9,12-13H,10-11H2,1-3H3,(H,22,24)(H,25,26). The molecular weight excluding hydrogens is 684 g/mol. The molecule has 2 aromatic carbocycles. The first-order valence-corrected chi connectivity index (χ1v) is 18.2. The first-order chi connectivity index (χ1) is 25.7. The summed E-state index contributed by atoms with van der Waals surface area (Å²) in [5.41, 5.74) is 3.95. The molecule has 0 saturated heterocycles. The molecule has 284 valence electrons. The van der Waals surface area contributed by atoms with Gasteiger partial charge in [0.15, 0.2) is 0 Å². The largest absolute Gasteiger partial charge is 0.479 e. The average Bonchev–Trinajstić information content (AvgIpc) is 3.74. The maximum atomic E-state index is 13.2. The van der Waals surface area contributed by atoms with E-state index in [-0.39, 0.29) is 37.4 Å². The van der Waals surface area contributed by atoms with Crippen molar-refractivity contribution in [2.45, 2.75) is 83.5 Å². The van der Waals surface area contributed by atoms with Crippen LogP contribution in [0.2, 0.25) is 0 Å². The fraction of sp³-hybridized carbons (Fsp3) is 0.381. The van der Waals surface area contributed by atoms with E-state index in [9.17, 15) is 24.3 Å². The van der Waals surface area contributed by atoms with Crippen molar-refractivity contribution < 1.29 is 29.0 Å². The summed E-state index contributed by atoms with van der Waals surface area (Å²) in [6.07, 6.45) is 7.86. The van der Waals surface area contributed by atoms with Gasteiger partial charge in [-0.3, -0.25) is 19.6 Å². The van der Waals surface area contributed by atoms with E-state index in [1.807, 2.05) is 100 Å². The molecular formula is C42H50N6O6. The van der Waals surface area contributed by atoms with Gasteiger partial charge in [-0.15, -0.1) is 0 Å². The third kappa shape index (κ3) is 8.22. The van der Waals surface area contributed by atoms with Gasteiger partial charge in [0.2, 0.25) is 0 Å². The highest BCUT2D eigenvalue weighted by molar-refractivity contribution is 6.03. The molecule has 54 heavy (non-hydrogen) atoms. The van der Waals surface area contributed by atoms with Gasteiger partial charge in [-0.25, -0.2) is 9.59 Å². The van der Waals surface area contributed by atoms with E-state index >= 15 is 0 Å². The Balaban J connectivity index is 0.000000208.